The minimum Gasteiger partial charge on any atom is -0.380 e. The number of ether oxygens (including phenoxy) is 1. The maximum absolute atomic E-state index is 7.87. The molecule has 0 fully saturated rings. The highest BCUT2D eigenvalue weighted by Gasteiger charge is 2.20. The van der Waals surface area contributed by atoms with Gasteiger partial charge in [0.25, 0.3) is 0 Å². The van der Waals surface area contributed by atoms with E-state index in [4.69, 9.17) is 9.99 Å². The van der Waals surface area contributed by atoms with Gasteiger partial charge in [-0.15, -0.1) is 4.33 Å². The Morgan fingerprint density at radius 3 is 2.55 bits per heavy atom. The molecule has 0 saturated heterocycles. The quantitative estimate of drug-likeness (QED) is 0.386. The molecule has 1 N–H and O–H groups in total. The van der Waals surface area contributed by atoms with Crippen LogP contribution in [0.2, 0.25) is 0 Å². The van der Waals surface area contributed by atoms with Crippen LogP contribution in [0, 0.1) is 0 Å². The molecule has 0 aliphatic carbocycles. The van der Waals surface area contributed by atoms with Crippen LogP contribution in [-0.4, -0.2) is 23.2 Å². The lowest BCUT2D eigenvalue weighted by Gasteiger charge is -2.19. The maximum Gasteiger partial charge on any atom is 0.0632 e. The van der Waals surface area contributed by atoms with Gasteiger partial charge in [-0.2, -0.15) is 0 Å². The van der Waals surface area contributed by atoms with E-state index in [1.807, 2.05) is 20.8 Å². The smallest absolute Gasteiger partial charge is 0.0632 e. The van der Waals surface area contributed by atoms with Crippen molar-refractivity contribution in [2.45, 2.75) is 25.5 Å². The van der Waals surface area contributed by atoms with Gasteiger partial charge in [-0.3, -0.25) is 0 Å². The Bertz CT molecular complexity index is 86.6. The van der Waals surface area contributed by atoms with Gasteiger partial charge in [-0.05, 0) is 20.8 Å². The molecule has 68 valence electrons. The van der Waals surface area contributed by atoms with Crippen LogP contribution in [0.25, 0.3) is 0 Å². The SMILES string of the molecule is CCOCC(C)(C)SOOO. The molecule has 0 atom stereocenters. The van der Waals surface area contributed by atoms with E-state index < -0.39 is 0 Å². The fourth-order valence-corrected chi connectivity index (χ4v) is 0.825. The molecular weight excluding hydrogens is 168 g/mol. The first kappa shape index (κ1) is 11.2. The summed E-state index contributed by atoms with van der Waals surface area (Å²) in [5.41, 5.74) is 0. The third kappa shape index (κ3) is 6.58. The lowest BCUT2D eigenvalue weighted by atomic mass is 10.2. The van der Waals surface area contributed by atoms with Crippen LogP contribution in [0.3, 0.4) is 0 Å². The molecule has 0 unspecified atom stereocenters. The lowest BCUT2D eigenvalue weighted by Crippen LogP contribution is -2.23. The van der Waals surface area contributed by atoms with E-state index in [2.05, 4.69) is 9.37 Å². The van der Waals surface area contributed by atoms with Gasteiger partial charge in [0.15, 0.2) is 0 Å². The fourth-order valence-electron chi connectivity index (χ4n) is 0.479. The summed E-state index contributed by atoms with van der Waals surface area (Å²) in [5.74, 6) is 0. The molecule has 4 nitrogen and oxygen atoms in total. The van der Waals surface area contributed by atoms with Crippen molar-refractivity contribution in [2.75, 3.05) is 13.2 Å². The van der Waals surface area contributed by atoms with Crippen LogP contribution in [0.5, 0.6) is 0 Å². The Kier molecular flexibility index (Phi) is 5.89. The van der Waals surface area contributed by atoms with Crippen molar-refractivity contribution in [1.29, 1.82) is 0 Å². The molecule has 0 aromatic rings. The van der Waals surface area contributed by atoms with Gasteiger partial charge in [-0.1, -0.05) is 5.04 Å². The highest BCUT2D eigenvalue weighted by atomic mass is 32.2. The van der Waals surface area contributed by atoms with Crippen molar-refractivity contribution in [2.24, 2.45) is 0 Å². The summed E-state index contributed by atoms with van der Waals surface area (Å²) in [6, 6.07) is 0. The van der Waals surface area contributed by atoms with Gasteiger partial charge in [0.2, 0.25) is 0 Å². The minimum atomic E-state index is -0.210. The molecule has 0 heterocycles. The van der Waals surface area contributed by atoms with Crippen LogP contribution in [0.15, 0.2) is 0 Å². The third-order valence-electron chi connectivity index (χ3n) is 0.944. The first-order valence-corrected chi connectivity index (χ1v) is 4.10. The Morgan fingerprint density at radius 2 is 2.09 bits per heavy atom. The Labute approximate surface area is 70.9 Å². The summed E-state index contributed by atoms with van der Waals surface area (Å²) in [7, 11) is 0. The van der Waals surface area contributed by atoms with E-state index in [-0.39, 0.29) is 4.75 Å². The highest BCUT2D eigenvalue weighted by Crippen LogP contribution is 2.25. The van der Waals surface area contributed by atoms with Gasteiger partial charge in [0.05, 0.1) is 11.4 Å². The van der Waals surface area contributed by atoms with E-state index in [1.54, 1.807) is 0 Å². The standard InChI is InChI=1S/C6H14O4S/c1-4-8-5-6(2,3)11-10-9-7/h7H,4-5H2,1-3H3. The maximum atomic E-state index is 7.87. The zero-order valence-electron chi connectivity index (χ0n) is 6.99. The zero-order chi connectivity index (χ0) is 8.74. The average Bonchev–Trinajstić information content (AvgIpc) is 1.97. The molecule has 0 radical (unpaired) electrons. The lowest BCUT2D eigenvalue weighted by molar-refractivity contribution is -0.432. The van der Waals surface area contributed by atoms with Crippen LogP contribution >= 0.6 is 12.0 Å². The summed E-state index contributed by atoms with van der Waals surface area (Å²) in [6.07, 6.45) is 0. The summed E-state index contributed by atoms with van der Waals surface area (Å²) < 4.78 is 9.24. The molecule has 0 bridgehead atoms. The zero-order valence-corrected chi connectivity index (χ0v) is 7.81. The second-order valence-corrected chi connectivity index (χ2v) is 4.03. The minimum absolute atomic E-state index is 0.210. The highest BCUT2D eigenvalue weighted by molar-refractivity contribution is 7.95. The van der Waals surface area contributed by atoms with Crippen molar-refractivity contribution in [3.05, 3.63) is 0 Å². The van der Waals surface area contributed by atoms with Crippen LogP contribution in [0.1, 0.15) is 20.8 Å². The topological polar surface area (TPSA) is 47.9 Å². The first-order valence-electron chi connectivity index (χ1n) is 3.36. The van der Waals surface area contributed by atoms with Crippen LogP contribution < -0.4 is 0 Å². The second-order valence-electron chi connectivity index (χ2n) is 2.62. The predicted molar refractivity (Wildman–Crippen MR) is 43.0 cm³/mol. The molecule has 0 amide bonds. The van der Waals surface area contributed by atoms with Gasteiger partial charge in [0, 0.05) is 18.6 Å². The normalized spacial score (nSPS) is 12.0. The number of hydrogen-bond donors (Lipinski definition) is 1. The van der Waals surface area contributed by atoms with Gasteiger partial charge < -0.3 is 4.74 Å². The van der Waals surface area contributed by atoms with Crippen molar-refractivity contribution < 1.29 is 19.4 Å². The number of rotatable bonds is 6. The Morgan fingerprint density at radius 1 is 1.45 bits per heavy atom. The van der Waals surface area contributed by atoms with E-state index in [1.165, 1.54) is 0 Å². The van der Waals surface area contributed by atoms with E-state index in [0.717, 1.165) is 12.0 Å². The van der Waals surface area contributed by atoms with Crippen molar-refractivity contribution in [1.82, 2.24) is 0 Å². The molecule has 0 aromatic heterocycles. The molecule has 5 heteroatoms. The van der Waals surface area contributed by atoms with Crippen molar-refractivity contribution >= 4 is 12.0 Å². The van der Waals surface area contributed by atoms with E-state index in [9.17, 15) is 0 Å². The molecule has 0 saturated carbocycles. The summed E-state index contributed by atoms with van der Waals surface area (Å²) in [5, 5.41) is 11.3. The fraction of sp³-hybridized carbons (Fsp3) is 1.00. The van der Waals surface area contributed by atoms with E-state index >= 15 is 0 Å². The first-order chi connectivity index (χ1) is 5.12. The molecule has 0 rings (SSSR count). The molecule has 0 spiro atoms. The Balaban J connectivity index is 3.43. The van der Waals surface area contributed by atoms with Gasteiger partial charge in [0.1, 0.15) is 0 Å². The molecular formula is C6H14O4S. The van der Waals surface area contributed by atoms with Crippen LogP contribution in [0.4, 0.5) is 0 Å². The monoisotopic (exact) mass is 182 g/mol. The largest absolute Gasteiger partial charge is 0.380 e. The van der Waals surface area contributed by atoms with Gasteiger partial charge >= 0.3 is 0 Å². The Hall–Kier alpha value is 0.190. The number of hydrogen-bond acceptors (Lipinski definition) is 5. The summed E-state index contributed by atoms with van der Waals surface area (Å²) in [4.78, 5) is 0. The molecule has 0 aromatic carbocycles. The predicted octanol–water partition coefficient (Wildman–Crippen LogP) is 1.87. The second kappa shape index (κ2) is 5.79. The molecule has 0 aliphatic heterocycles. The van der Waals surface area contributed by atoms with Gasteiger partial charge in [-0.25, -0.2) is 5.26 Å². The molecule has 11 heavy (non-hydrogen) atoms. The molecule has 0 aliphatic rings. The van der Waals surface area contributed by atoms with Crippen molar-refractivity contribution in [3.63, 3.8) is 0 Å². The van der Waals surface area contributed by atoms with Crippen LogP contribution in [-0.2, 0) is 14.1 Å². The summed E-state index contributed by atoms with van der Waals surface area (Å²) in [6.45, 7) is 6.99. The van der Waals surface area contributed by atoms with Crippen molar-refractivity contribution in [3.8, 4) is 0 Å². The summed E-state index contributed by atoms with van der Waals surface area (Å²) >= 11 is 1.02. The third-order valence-corrected chi connectivity index (χ3v) is 1.64. The van der Waals surface area contributed by atoms with E-state index in [0.29, 0.717) is 13.2 Å². The average molecular weight is 182 g/mol.